The first kappa shape index (κ1) is 22.7. The van der Waals surface area contributed by atoms with Crippen LogP contribution in [0.1, 0.15) is 38.1 Å². The van der Waals surface area contributed by atoms with Crippen LogP contribution in [0.4, 0.5) is 4.39 Å². The predicted molar refractivity (Wildman–Crippen MR) is 120 cm³/mol. The molecule has 0 bridgehead atoms. The van der Waals surface area contributed by atoms with Crippen LogP contribution in [0, 0.1) is 5.82 Å². The van der Waals surface area contributed by atoms with Gasteiger partial charge in [-0.15, -0.1) is 10.2 Å². The number of ether oxygens (including phenoxy) is 1. The van der Waals surface area contributed by atoms with Crippen LogP contribution in [0.2, 0.25) is 0 Å². The first-order valence-electron chi connectivity index (χ1n) is 10.5. The number of carbonyl (C=O) groups is 1. The summed E-state index contributed by atoms with van der Waals surface area (Å²) in [4.78, 5) is 16.7. The molecule has 2 aromatic heterocycles. The van der Waals surface area contributed by atoms with Gasteiger partial charge in [0.05, 0.1) is 5.75 Å². The van der Waals surface area contributed by atoms with Crippen molar-refractivity contribution in [3.05, 3.63) is 72.1 Å². The molecule has 0 radical (unpaired) electrons. The van der Waals surface area contributed by atoms with Crippen LogP contribution in [-0.2, 0) is 16.0 Å². The minimum absolute atomic E-state index is 0.00861. The summed E-state index contributed by atoms with van der Waals surface area (Å²) in [7, 11) is 0. The molecule has 8 nitrogen and oxygen atoms in total. The van der Waals surface area contributed by atoms with Crippen molar-refractivity contribution in [1.82, 2.24) is 24.9 Å². The minimum Gasteiger partial charge on any atom is -0.452 e. The topological polar surface area (TPSA) is 95.9 Å². The third kappa shape index (κ3) is 5.46. The lowest BCUT2D eigenvalue weighted by molar-refractivity contribution is -0.146. The van der Waals surface area contributed by atoms with E-state index >= 15 is 0 Å². The second-order valence-corrected chi connectivity index (χ2v) is 8.15. The zero-order valence-electron chi connectivity index (χ0n) is 18.1. The van der Waals surface area contributed by atoms with Crippen LogP contribution in [-0.4, -0.2) is 36.6 Å². The number of esters is 1. The molecule has 0 aliphatic carbocycles. The van der Waals surface area contributed by atoms with Gasteiger partial charge in [-0.3, -0.25) is 9.36 Å². The van der Waals surface area contributed by atoms with E-state index in [9.17, 15) is 9.18 Å². The van der Waals surface area contributed by atoms with Crippen molar-refractivity contribution >= 4 is 17.7 Å². The van der Waals surface area contributed by atoms with E-state index in [-0.39, 0.29) is 17.5 Å². The maximum atomic E-state index is 13.4. The maximum Gasteiger partial charge on any atom is 0.317 e. The molecule has 170 valence electrons. The number of halogens is 1. The average molecular weight is 468 g/mol. The van der Waals surface area contributed by atoms with Crippen molar-refractivity contribution in [3.63, 3.8) is 0 Å². The number of thioether (sulfide) groups is 1. The van der Waals surface area contributed by atoms with Crippen LogP contribution in [0.15, 0.2) is 64.3 Å². The third-order valence-corrected chi connectivity index (χ3v) is 5.59. The second kappa shape index (κ2) is 10.4. The van der Waals surface area contributed by atoms with Crippen LogP contribution in [0.3, 0.4) is 0 Å². The third-order valence-electron chi connectivity index (χ3n) is 4.68. The van der Waals surface area contributed by atoms with Crippen molar-refractivity contribution in [2.75, 3.05) is 5.75 Å². The summed E-state index contributed by atoms with van der Waals surface area (Å²) < 4.78 is 25.8. The van der Waals surface area contributed by atoms with Crippen LogP contribution >= 0.6 is 11.8 Å². The van der Waals surface area contributed by atoms with Gasteiger partial charge in [-0.25, -0.2) is 4.39 Å². The summed E-state index contributed by atoms with van der Waals surface area (Å²) in [5.74, 6) is 0.624. The first-order valence-corrected chi connectivity index (χ1v) is 11.4. The van der Waals surface area contributed by atoms with E-state index in [0.717, 1.165) is 12.1 Å². The Morgan fingerprint density at radius 2 is 1.91 bits per heavy atom. The summed E-state index contributed by atoms with van der Waals surface area (Å²) in [5.41, 5.74) is 1.52. The number of hydrogen-bond donors (Lipinski definition) is 0. The highest BCUT2D eigenvalue weighted by Crippen LogP contribution is 2.28. The van der Waals surface area contributed by atoms with E-state index in [0.29, 0.717) is 28.8 Å². The zero-order valence-corrected chi connectivity index (χ0v) is 19.0. The van der Waals surface area contributed by atoms with Crippen molar-refractivity contribution in [2.24, 2.45) is 0 Å². The van der Waals surface area contributed by atoms with Gasteiger partial charge in [0.15, 0.2) is 22.9 Å². The Balaban J connectivity index is 1.49. The summed E-state index contributed by atoms with van der Waals surface area (Å²) in [6.45, 7) is 3.71. The molecule has 0 fully saturated rings. The molecule has 0 spiro atoms. The lowest BCUT2D eigenvalue weighted by atomic mass is 10.2. The Labute approximate surface area is 194 Å². The van der Waals surface area contributed by atoms with Gasteiger partial charge < -0.3 is 9.26 Å². The second-order valence-electron chi connectivity index (χ2n) is 7.20. The molecule has 0 N–H and O–H groups in total. The monoisotopic (exact) mass is 467 g/mol. The number of aromatic nitrogens is 5. The van der Waals surface area contributed by atoms with Crippen molar-refractivity contribution in [2.45, 2.75) is 37.9 Å². The fourth-order valence-electron chi connectivity index (χ4n) is 3.12. The van der Waals surface area contributed by atoms with Gasteiger partial charge >= 0.3 is 5.97 Å². The first-order chi connectivity index (χ1) is 16.0. The number of carbonyl (C=O) groups excluding carboxylic acids is 1. The Hall–Kier alpha value is -3.53. The van der Waals surface area contributed by atoms with E-state index in [2.05, 4.69) is 20.3 Å². The highest BCUT2D eigenvalue weighted by Gasteiger charge is 2.21. The molecule has 4 aromatic rings. The molecular weight excluding hydrogens is 445 g/mol. The van der Waals surface area contributed by atoms with Gasteiger partial charge in [0, 0.05) is 17.7 Å². The predicted octanol–water partition coefficient (Wildman–Crippen LogP) is 4.81. The van der Waals surface area contributed by atoms with Gasteiger partial charge in [0.1, 0.15) is 5.82 Å². The van der Waals surface area contributed by atoms with E-state index in [1.54, 1.807) is 19.1 Å². The van der Waals surface area contributed by atoms with Gasteiger partial charge in [0.2, 0.25) is 0 Å². The normalized spacial score (nSPS) is 12.0. The lowest BCUT2D eigenvalue weighted by Crippen LogP contribution is -2.12. The van der Waals surface area contributed by atoms with E-state index in [1.807, 2.05) is 41.8 Å². The molecule has 33 heavy (non-hydrogen) atoms. The molecule has 4 rings (SSSR count). The van der Waals surface area contributed by atoms with Crippen molar-refractivity contribution in [1.29, 1.82) is 0 Å². The maximum absolute atomic E-state index is 13.4. The highest BCUT2D eigenvalue weighted by atomic mass is 32.2. The fourth-order valence-corrected chi connectivity index (χ4v) is 3.86. The molecule has 1 unspecified atom stereocenters. The lowest BCUT2D eigenvalue weighted by Gasteiger charge is -2.11. The minimum atomic E-state index is -0.655. The highest BCUT2D eigenvalue weighted by molar-refractivity contribution is 7.99. The fraction of sp³-hybridized carbons (Fsp3) is 0.261. The Morgan fingerprint density at radius 3 is 2.64 bits per heavy atom. The average Bonchev–Trinajstić information content (AvgIpc) is 3.46. The largest absolute Gasteiger partial charge is 0.452 e. The molecule has 0 aliphatic rings. The van der Waals surface area contributed by atoms with Gasteiger partial charge in [-0.1, -0.05) is 42.0 Å². The van der Waals surface area contributed by atoms with Crippen LogP contribution < -0.4 is 0 Å². The number of hydrogen-bond acceptors (Lipinski definition) is 8. The molecular formula is C23H22FN5O3S. The molecule has 10 heteroatoms. The van der Waals surface area contributed by atoms with Gasteiger partial charge in [-0.05, 0) is 49.7 Å². The Bertz CT molecular complexity index is 1210. The smallest absolute Gasteiger partial charge is 0.317 e. The van der Waals surface area contributed by atoms with E-state index < -0.39 is 12.1 Å². The molecule has 0 aliphatic heterocycles. The number of aryl methyl sites for hydroxylation is 1. The van der Waals surface area contributed by atoms with Gasteiger partial charge in [0.25, 0.3) is 5.89 Å². The van der Waals surface area contributed by atoms with Crippen molar-refractivity contribution in [3.8, 4) is 17.1 Å². The standard InChI is InChI=1S/C23H22FN5O3S/c1-3-7-19-25-22(32-28-19)15(2)31-20(30)14-33-23-27-26-21(16-10-12-17(24)13-11-16)29(23)18-8-5-4-6-9-18/h4-6,8-13,15H,3,7,14H2,1-2H3. The molecule has 0 saturated carbocycles. The summed E-state index contributed by atoms with van der Waals surface area (Å²) >= 11 is 1.19. The van der Waals surface area contributed by atoms with Crippen LogP contribution in [0.5, 0.6) is 0 Å². The zero-order chi connectivity index (χ0) is 23.2. The molecule has 2 aromatic carbocycles. The Morgan fingerprint density at radius 1 is 1.15 bits per heavy atom. The number of nitrogens with zero attached hydrogens (tertiary/aromatic N) is 5. The van der Waals surface area contributed by atoms with Crippen LogP contribution in [0.25, 0.3) is 17.1 Å². The molecule has 0 saturated heterocycles. The molecule has 1 atom stereocenters. The number of benzene rings is 2. The summed E-state index contributed by atoms with van der Waals surface area (Å²) in [6.07, 6.45) is 0.940. The van der Waals surface area contributed by atoms with E-state index in [1.165, 1.54) is 23.9 Å². The quantitative estimate of drug-likeness (QED) is 0.256. The van der Waals surface area contributed by atoms with E-state index in [4.69, 9.17) is 9.26 Å². The summed E-state index contributed by atoms with van der Waals surface area (Å²) in [5, 5.41) is 12.9. The summed E-state index contributed by atoms with van der Waals surface area (Å²) in [6, 6.07) is 15.5. The number of rotatable bonds is 9. The van der Waals surface area contributed by atoms with Crippen molar-refractivity contribution < 1.29 is 18.4 Å². The molecule has 0 amide bonds. The van der Waals surface area contributed by atoms with Gasteiger partial charge in [-0.2, -0.15) is 4.98 Å². The number of para-hydroxylation sites is 1. The molecule has 2 heterocycles. The SMILES string of the molecule is CCCc1noc(C(C)OC(=O)CSc2nnc(-c3ccc(F)cc3)n2-c2ccccc2)n1. The Kier molecular flexibility index (Phi) is 7.13.